The molecule has 2 heterocycles. The molecule has 0 saturated heterocycles. The van der Waals surface area contributed by atoms with Crippen molar-refractivity contribution in [2.75, 3.05) is 26.4 Å². The number of carbonyl (C=O) groups excluding carboxylic acids is 2. The average Bonchev–Trinajstić information content (AvgIpc) is 3.10. The Hall–Kier alpha value is -2.54. The number of ether oxygens (including phenoxy) is 3. The second-order valence-electron chi connectivity index (χ2n) is 5.87. The maximum absolute atomic E-state index is 12.4. The molecule has 2 aromatic rings. The van der Waals surface area contributed by atoms with Crippen LogP contribution in [0.4, 0.5) is 0 Å². The summed E-state index contributed by atoms with van der Waals surface area (Å²) in [4.78, 5) is 27.6. The molecule has 0 atom stereocenters. The number of rotatable bonds is 6. The molecule has 1 amide bonds. The largest absolute Gasteiger partial charge is 0.486 e. The molecule has 7 heteroatoms. The molecule has 0 bridgehead atoms. The summed E-state index contributed by atoms with van der Waals surface area (Å²) in [5, 5.41) is 0. The van der Waals surface area contributed by atoms with Gasteiger partial charge in [-0.2, -0.15) is 0 Å². The number of esters is 1. The van der Waals surface area contributed by atoms with Crippen molar-refractivity contribution in [2.24, 2.45) is 0 Å². The summed E-state index contributed by atoms with van der Waals surface area (Å²) >= 11 is 1.35. The molecule has 0 radical (unpaired) electrons. The van der Waals surface area contributed by atoms with Crippen molar-refractivity contribution < 1.29 is 23.8 Å². The molecule has 0 aliphatic carbocycles. The van der Waals surface area contributed by atoms with Gasteiger partial charge in [-0.1, -0.05) is 6.07 Å². The Bertz CT molecular complexity index is 801. The topological polar surface area (TPSA) is 65.1 Å². The molecule has 1 aromatic heterocycles. The minimum absolute atomic E-state index is 0.232. The van der Waals surface area contributed by atoms with Crippen molar-refractivity contribution in [3.05, 3.63) is 45.6 Å². The van der Waals surface area contributed by atoms with Gasteiger partial charge in [0.25, 0.3) is 5.91 Å². The fourth-order valence-corrected chi connectivity index (χ4v) is 3.38. The maximum atomic E-state index is 12.4. The van der Waals surface area contributed by atoms with Crippen LogP contribution in [0.2, 0.25) is 0 Å². The van der Waals surface area contributed by atoms with E-state index in [-0.39, 0.29) is 12.5 Å². The Kier molecular flexibility index (Phi) is 5.78. The van der Waals surface area contributed by atoms with E-state index in [1.165, 1.54) is 11.3 Å². The van der Waals surface area contributed by atoms with Gasteiger partial charge in [-0.15, -0.1) is 11.3 Å². The summed E-state index contributed by atoms with van der Waals surface area (Å²) < 4.78 is 16.2. The fourth-order valence-electron chi connectivity index (χ4n) is 2.62. The van der Waals surface area contributed by atoms with Crippen LogP contribution in [0.1, 0.15) is 27.0 Å². The molecule has 6 nitrogen and oxygen atoms in total. The lowest BCUT2D eigenvalue weighted by Crippen LogP contribution is -2.34. The first kappa shape index (κ1) is 18.3. The zero-order chi connectivity index (χ0) is 18.5. The zero-order valence-corrected chi connectivity index (χ0v) is 15.6. The van der Waals surface area contributed by atoms with Gasteiger partial charge in [0.15, 0.2) is 18.1 Å². The predicted octanol–water partition coefficient (Wildman–Crippen LogP) is 3.03. The van der Waals surface area contributed by atoms with Gasteiger partial charge in [0.2, 0.25) is 0 Å². The maximum Gasteiger partial charge on any atom is 0.348 e. The number of nitrogens with zero attached hydrogens (tertiary/aromatic N) is 1. The van der Waals surface area contributed by atoms with Gasteiger partial charge in [0.1, 0.15) is 18.1 Å². The lowest BCUT2D eigenvalue weighted by molar-refractivity contribution is -0.134. The molecule has 26 heavy (non-hydrogen) atoms. The van der Waals surface area contributed by atoms with E-state index in [0.29, 0.717) is 36.9 Å². The summed E-state index contributed by atoms with van der Waals surface area (Å²) in [6.07, 6.45) is 0. The Balaban J connectivity index is 1.57. The smallest absolute Gasteiger partial charge is 0.348 e. The standard InChI is InChI=1S/C19H21NO5S/c1-3-20(11-14-5-6-15-16(10-14)24-9-8-23-15)18(21)12-25-19(22)17-7-4-13(2)26-17/h4-7,10H,3,8-9,11-12H2,1-2H3. The highest BCUT2D eigenvalue weighted by Crippen LogP contribution is 2.31. The first-order valence-corrected chi connectivity index (χ1v) is 9.28. The monoisotopic (exact) mass is 375 g/mol. The summed E-state index contributed by atoms with van der Waals surface area (Å²) in [5.74, 6) is 0.710. The Morgan fingerprint density at radius 3 is 2.62 bits per heavy atom. The SMILES string of the molecule is CCN(Cc1ccc2c(c1)OCCO2)C(=O)COC(=O)c1ccc(C)s1. The summed E-state index contributed by atoms with van der Waals surface area (Å²) in [7, 11) is 0. The van der Waals surface area contributed by atoms with Crippen molar-refractivity contribution in [3.8, 4) is 11.5 Å². The van der Waals surface area contributed by atoms with Crippen LogP contribution >= 0.6 is 11.3 Å². The number of carbonyl (C=O) groups is 2. The van der Waals surface area contributed by atoms with Gasteiger partial charge < -0.3 is 19.1 Å². The fraction of sp³-hybridized carbons (Fsp3) is 0.368. The summed E-state index contributed by atoms with van der Waals surface area (Å²) in [6.45, 7) is 5.53. The van der Waals surface area contributed by atoms with Crippen LogP contribution in [-0.2, 0) is 16.1 Å². The quantitative estimate of drug-likeness (QED) is 0.726. The molecule has 138 valence electrons. The van der Waals surface area contributed by atoms with Crippen LogP contribution in [-0.4, -0.2) is 43.1 Å². The highest BCUT2D eigenvalue weighted by atomic mass is 32.1. The van der Waals surface area contributed by atoms with Gasteiger partial charge in [-0.3, -0.25) is 4.79 Å². The van der Waals surface area contributed by atoms with Crippen LogP contribution in [0, 0.1) is 6.92 Å². The number of aryl methyl sites for hydroxylation is 1. The first-order chi connectivity index (χ1) is 12.6. The van der Waals surface area contributed by atoms with Crippen LogP contribution in [0.25, 0.3) is 0 Å². The Labute approximate surface area is 156 Å². The average molecular weight is 375 g/mol. The minimum atomic E-state index is -0.466. The van der Waals surface area contributed by atoms with E-state index in [9.17, 15) is 9.59 Å². The van der Waals surface area contributed by atoms with E-state index < -0.39 is 5.97 Å². The van der Waals surface area contributed by atoms with Crippen molar-refractivity contribution in [1.29, 1.82) is 0 Å². The number of likely N-dealkylation sites (N-methyl/N-ethyl adjacent to an activating group) is 1. The van der Waals surface area contributed by atoms with Gasteiger partial charge in [0.05, 0.1) is 0 Å². The molecule has 1 aromatic carbocycles. The highest BCUT2D eigenvalue weighted by molar-refractivity contribution is 7.13. The van der Waals surface area contributed by atoms with E-state index in [0.717, 1.165) is 16.2 Å². The second kappa shape index (κ2) is 8.23. The molecule has 0 fully saturated rings. The molecule has 0 unspecified atom stereocenters. The third-order valence-electron chi connectivity index (χ3n) is 3.98. The number of hydrogen-bond acceptors (Lipinski definition) is 6. The van der Waals surface area contributed by atoms with Crippen molar-refractivity contribution >= 4 is 23.2 Å². The van der Waals surface area contributed by atoms with Gasteiger partial charge >= 0.3 is 5.97 Å². The third-order valence-corrected chi connectivity index (χ3v) is 4.96. The predicted molar refractivity (Wildman–Crippen MR) is 97.9 cm³/mol. The molecule has 0 saturated carbocycles. The summed E-state index contributed by atoms with van der Waals surface area (Å²) in [5.41, 5.74) is 0.935. The number of thiophene rings is 1. The van der Waals surface area contributed by atoms with Crippen molar-refractivity contribution in [1.82, 2.24) is 4.90 Å². The van der Waals surface area contributed by atoms with E-state index in [1.54, 1.807) is 11.0 Å². The van der Waals surface area contributed by atoms with Gasteiger partial charge in [-0.05, 0) is 43.7 Å². The highest BCUT2D eigenvalue weighted by Gasteiger charge is 2.18. The third kappa shape index (κ3) is 4.35. The number of fused-ring (bicyclic) bond motifs is 1. The molecule has 1 aliphatic rings. The van der Waals surface area contributed by atoms with Gasteiger partial charge in [-0.25, -0.2) is 4.79 Å². The van der Waals surface area contributed by atoms with Crippen LogP contribution in [0.5, 0.6) is 11.5 Å². The van der Waals surface area contributed by atoms with E-state index in [2.05, 4.69) is 0 Å². The van der Waals surface area contributed by atoms with Crippen LogP contribution < -0.4 is 9.47 Å². The van der Waals surface area contributed by atoms with Crippen molar-refractivity contribution in [3.63, 3.8) is 0 Å². The molecule has 3 rings (SSSR count). The molecule has 1 aliphatic heterocycles. The van der Waals surface area contributed by atoms with Crippen molar-refractivity contribution in [2.45, 2.75) is 20.4 Å². The summed E-state index contributed by atoms with van der Waals surface area (Å²) in [6, 6.07) is 9.19. The lowest BCUT2D eigenvalue weighted by atomic mass is 10.2. The van der Waals surface area contributed by atoms with Crippen LogP contribution in [0.3, 0.4) is 0 Å². The minimum Gasteiger partial charge on any atom is -0.486 e. The van der Waals surface area contributed by atoms with E-state index in [4.69, 9.17) is 14.2 Å². The second-order valence-corrected chi connectivity index (χ2v) is 7.16. The molecular weight excluding hydrogens is 354 g/mol. The number of amides is 1. The lowest BCUT2D eigenvalue weighted by Gasteiger charge is -2.23. The van der Waals surface area contributed by atoms with Gasteiger partial charge in [0, 0.05) is 18.0 Å². The zero-order valence-electron chi connectivity index (χ0n) is 14.8. The Morgan fingerprint density at radius 1 is 1.15 bits per heavy atom. The number of benzene rings is 1. The Morgan fingerprint density at radius 2 is 1.92 bits per heavy atom. The normalized spacial score (nSPS) is 12.5. The van der Waals surface area contributed by atoms with E-state index in [1.807, 2.05) is 38.1 Å². The van der Waals surface area contributed by atoms with E-state index >= 15 is 0 Å². The molecular formula is C19H21NO5S. The first-order valence-electron chi connectivity index (χ1n) is 8.46. The molecule has 0 N–H and O–H groups in total. The van der Waals surface area contributed by atoms with Crippen LogP contribution in [0.15, 0.2) is 30.3 Å². The molecule has 0 spiro atoms. The number of hydrogen-bond donors (Lipinski definition) is 0.